The van der Waals surface area contributed by atoms with Crippen molar-refractivity contribution in [3.8, 4) is 11.3 Å². The Morgan fingerprint density at radius 3 is 2.74 bits per heavy atom. The number of anilines is 1. The van der Waals surface area contributed by atoms with Crippen LogP contribution in [0.25, 0.3) is 11.3 Å². The van der Waals surface area contributed by atoms with E-state index < -0.39 is 0 Å². The summed E-state index contributed by atoms with van der Waals surface area (Å²) in [6.07, 6.45) is 2.30. The summed E-state index contributed by atoms with van der Waals surface area (Å²) < 4.78 is 0. The van der Waals surface area contributed by atoms with Gasteiger partial charge in [-0.1, -0.05) is 18.2 Å². The number of benzene rings is 1. The second-order valence-electron chi connectivity index (χ2n) is 6.17. The number of hydrogen-bond donors (Lipinski definition) is 3. The number of aliphatic hydroxyl groups excluding tert-OH is 1. The monoisotopic (exact) mass is 382 g/mol. The molecule has 1 amide bonds. The molecule has 3 N–H and O–H groups in total. The Labute approximate surface area is 162 Å². The third-order valence-electron chi connectivity index (χ3n) is 3.99. The summed E-state index contributed by atoms with van der Waals surface area (Å²) in [5.41, 5.74) is 2.26. The molecular weight excluding hydrogens is 360 g/mol. The first-order chi connectivity index (χ1) is 13.2. The molecule has 0 saturated carbocycles. The zero-order valence-electron chi connectivity index (χ0n) is 15.1. The van der Waals surface area contributed by atoms with E-state index in [1.165, 1.54) is 11.2 Å². The van der Waals surface area contributed by atoms with Crippen molar-refractivity contribution in [3.63, 3.8) is 0 Å². The van der Waals surface area contributed by atoms with Gasteiger partial charge in [-0.2, -0.15) is 0 Å². The van der Waals surface area contributed by atoms with Crippen molar-refractivity contribution in [3.05, 3.63) is 64.6 Å². The summed E-state index contributed by atoms with van der Waals surface area (Å²) in [4.78, 5) is 22.1. The van der Waals surface area contributed by atoms with Crippen LogP contribution in [-0.2, 0) is 6.42 Å². The number of carbonyl (C=O) groups is 1. The maximum atomic E-state index is 12.4. The van der Waals surface area contributed by atoms with Gasteiger partial charge in [-0.3, -0.25) is 4.79 Å². The summed E-state index contributed by atoms with van der Waals surface area (Å²) >= 11 is 1.70. The molecule has 1 unspecified atom stereocenters. The van der Waals surface area contributed by atoms with E-state index in [-0.39, 0.29) is 18.6 Å². The quantitative estimate of drug-likeness (QED) is 0.558. The molecule has 0 spiro atoms. The Balaban J connectivity index is 1.63. The van der Waals surface area contributed by atoms with Crippen molar-refractivity contribution in [2.45, 2.75) is 19.4 Å². The predicted octanol–water partition coefficient (Wildman–Crippen LogP) is 2.97. The maximum Gasteiger partial charge on any atom is 0.251 e. The molecule has 0 aliphatic carbocycles. The van der Waals surface area contributed by atoms with Gasteiger partial charge in [0.25, 0.3) is 5.91 Å². The number of thiophene rings is 1. The minimum Gasteiger partial charge on any atom is -0.395 e. The molecule has 0 aliphatic heterocycles. The van der Waals surface area contributed by atoms with Crippen LogP contribution < -0.4 is 10.6 Å². The second kappa shape index (κ2) is 9.25. The highest BCUT2D eigenvalue weighted by molar-refractivity contribution is 7.09. The molecule has 2 heterocycles. The fraction of sp³-hybridized carbons (Fsp3) is 0.250. The van der Waals surface area contributed by atoms with E-state index in [4.69, 9.17) is 5.11 Å². The first-order valence-corrected chi connectivity index (χ1v) is 9.64. The molecule has 27 heavy (non-hydrogen) atoms. The van der Waals surface area contributed by atoms with Crippen LogP contribution in [0.1, 0.15) is 22.2 Å². The maximum absolute atomic E-state index is 12.4. The molecule has 0 radical (unpaired) electrons. The van der Waals surface area contributed by atoms with Crippen molar-refractivity contribution in [2.24, 2.45) is 0 Å². The normalized spacial score (nSPS) is 11.8. The first-order valence-electron chi connectivity index (χ1n) is 8.76. The lowest BCUT2D eigenvalue weighted by atomic mass is 10.1. The number of carbonyl (C=O) groups excluding carboxylic acids is 1. The Bertz CT molecular complexity index is 866. The van der Waals surface area contributed by atoms with Gasteiger partial charge in [-0.05, 0) is 30.5 Å². The largest absolute Gasteiger partial charge is 0.395 e. The van der Waals surface area contributed by atoms with Crippen LogP contribution in [0.3, 0.4) is 0 Å². The third kappa shape index (κ3) is 5.35. The van der Waals surface area contributed by atoms with Crippen molar-refractivity contribution < 1.29 is 9.90 Å². The molecule has 0 bridgehead atoms. The van der Waals surface area contributed by atoms with Crippen molar-refractivity contribution >= 4 is 23.1 Å². The van der Waals surface area contributed by atoms with Gasteiger partial charge in [0.05, 0.1) is 12.3 Å². The molecule has 7 heteroatoms. The van der Waals surface area contributed by atoms with Crippen LogP contribution in [0, 0.1) is 0 Å². The van der Waals surface area contributed by atoms with Crippen LogP contribution in [0.2, 0.25) is 0 Å². The van der Waals surface area contributed by atoms with Gasteiger partial charge in [-0.25, -0.2) is 9.97 Å². The highest BCUT2D eigenvalue weighted by atomic mass is 32.1. The van der Waals surface area contributed by atoms with E-state index in [2.05, 4.69) is 26.7 Å². The summed E-state index contributed by atoms with van der Waals surface area (Å²) in [5, 5.41) is 17.0. The SMILES string of the molecule is CC(Cc1cccs1)NC(=O)c1ccc(-c2cc(NCCO)ncn2)cc1. The van der Waals surface area contributed by atoms with Crippen LogP contribution in [0.4, 0.5) is 5.82 Å². The smallest absolute Gasteiger partial charge is 0.251 e. The van der Waals surface area contributed by atoms with E-state index in [0.29, 0.717) is 17.9 Å². The van der Waals surface area contributed by atoms with E-state index in [0.717, 1.165) is 17.7 Å². The number of amides is 1. The fourth-order valence-electron chi connectivity index (χ4n) is 2.68. The molecule has 1 atom stereocenters. The van der Waals surface area contributed by atoms with Crippen molar-refractivity contribution in [2.75, 3.05) is 18.5 Å². The summed E-state index contributed by atoms with van der Waals surface area (Å²) in [6.45, 7) is 2.47. The molecular formula is C20H22N4O2S. The fourth-order valence-corrected chi connectivity index (χ4v) is 3.51. The van der Waals surface area contributed by atoms with E-state index >= 15 is 0 Å². The predicted molar refractivity (Wildman–Crippen MR) is 108 cm³/mol. The Morgan fingerprint density at radius 1 is 1.22 bits per heavy atom. The highest BCUT2D eigenvalue weighted by Gasteiger charge is 2.11. The van der Waals surface area contributed by atoms with Crippen LogP contribution in [0.15, 0.2) is 54.2 Å². The Kier molecular flexibility index (Phi) is 6.51. The van der Waals surface area contributed by atoms with Gasteiger partial charge >= 0.3 is 0 Å². The minimum absolute atomic E-state index is 0.0358. The van der Waals surface area contributed by atoms with Gasteiger partial charge in [-0.15, -0.1) is 11.3 Å². The van der Waals surface area contributed by atoms with Crippen LogP contribution in [0.5, 0.6) is 0 Å². The number of aromatic nitrogens is 2. The average Bonchev–Trinajstić information content (AvgIpc) is 3.19. The number of hydrogen-bond acceptors (Lipinski definition) is 6. The number of rotatable bonds is 8. The topological polar surface area (TPSA) is 87.1 Å². The standard InChI is InChI=1S/C20H22N4O2S/c1-14(11-17-3-2-10-27-17)24-20(26)16-6-4-15(5-7-16)18-12-19(21-8-9-25)23-13-22-18/h2-7,10,12-14,25H,8-9,11H2,1H3,(H,24,26)(H,21,22,23). The molecule has 3 rings (SSSR count). The Morgan fingerprint density at radius 2 is 2.04 bits per heavy atom. The van der Waals surface area contributed by atoms with Crippen molar-refractivity contribution in [1.29, 1.82) is 0 Å². The third-order valence-corrected chi connectivity index (χ3v) is 4.89. The highest BCUT2D eigenvalue weighted by Crippen LogP contribution is 2.19. The molecule has 3 aromatic rings. The van der Waals surface area contributed by atoms with E-state index in [1.807, 2.05) is 36.6 Å². The first kappa shape index (κ1) is 19.0. The zero-order valence-corrected chi connectivity index (χ0v) is 15.9. The van der Waals surface area contributed by atoms with Gasteiger partial charge in [0.2, 0.25) is 0 Å². The minimum atomic E-state index is -0.0846. The summed E-state index contributed by atoms with van der Waals surface area (Å²) in [6, 6.07) is 13.3. The lowest BCUT2D eigenvalue weighted by molar-refractivity contribution is 0.0940. The molecule has 140 valence electrons. The summed E-state index contributed by atoms with van der Waals surface area (Å²) in [7, 11) is 0. The van der Waals surface area contributed by atoms with Gasteiger partial charge in [0.15, 0.2) is 0 Å². The number of nitrogens with one attached hydrogen (secondary N) is 2. The number of aliphatic hydroxyl groups is 1. The lowest BCUT2D eigenvalue weighted by Crippen LogP contribution is -2.33. The van der Waals surface area contributed by atoms with Gasteiger partial charge in [0, 0.05) is 41.1 Å². The second-order valence-corrected chi connectivity index (χ2v) is 7.21. The van der Waals surface area contributed by atoms with Gasteiger partial charge in [0.1, 0.15) is 12.1 Å². The average molecular weight is 382 g/mol. The summed E-state index contributed by atoms with van der Waals surface area (Å²) in [5.74, 6) is 0.567. The van der Waals surface area contributed by atoms with Crippen LogP contribution in [-0.4, -0.2) is 40.2 Å². The molecule has 0 aliphatic rings. The van der Waals surface area contributed by atoms with Crippen LogP contribution >= 0.6 is 11.3 Å². The van der Waals surface area contributed by atoms with E-state index in [9.17, 15) is 4.79 Å². The van der Waals surface area contributed by atoms with E-state index in [1.54, 1.807) is 23.5 Å². The van der Waals surface area contributed by atoms with Crippen molar-refractivity contribution in [1.82, 2.24) is 15.3 Å². The number of nitrogens with zero attached hydrogens (tertiary/aromatic N) is 2. The molecule has 2 aromatic heterocycles. The molecule has 0 saturated heterocycles. The molecule has 6 nitrogen and oxygen atoms in total. The molecule has 0 fully saturated rings. The Hall–Kier alpha value is -2.77. The molecule has 1 aromatic carbocycles. The lowest BCUT2D eigenvalue weighted by Gasteiger charge is -2.13. The zero-order chi connectivity index (χ0) is 19.1. The van der Waals surface area contributed by atoms with Gasteiger partial charge < -0.3 is 15.7 Å².